The first kappa shape index (κ1) is 17.2. The van der Waals surface area contributed by atoms with Gasteiger partial charge in [0.25, 0.3) is 0 Å². The zero-order chi connectivity index (χ0) is 16.8. The van der Waals surface area contributed by atoms with Gasteiger partial charge in [0.2, 0.25) is 0 Å². The molecule has 0 amide bonds. The topological polar surface area (TPSA) is 47.8 Å². The van der Waals surface area contributed by atoms with Crippen LogP contribution >= 0.6 is 11.8 Å². The standard InChI is InChI=1S/C19H25N3OS/c1-2-22-18(16-11-7-4-8-12-16)20-21-19(22)24-14-17(23)13-15-9-5-3-6-10-15/h3,5-6,9-10,16H,2,4,7-8,11-14H2,1H3. The van der Waals surface area contributed by atoms with Gasteiger partial charge in [-0.1, -0.05) is 61.4 Å². The van der Waals surface area contributed by atoms with Gasteiger partial charge >= 0.3 is 0 Å². The van der Waals surface area contributed by atoms with Crippen LogP contribution in [0.5, 0.6) is 0 Å². The summed E-state index contributed by atoms with van der Waals surface area (Å²) < 4.78 is 2.20. The molecule has 0 spiro atoms. The van der Waals surface area contributed by atoms with E-state index >= 15 is 0 Å². The van der Waals surface area contributed by atoms with Gasteiger partial charge in [0.05, 0.1) is 5.75 Å². The summed E-state index contributed by atoms with van der Waals surface area (Å²) in [5.41, 5.74) is 1.07. The molecule has 1 aromatic heterocycles. The molecular weight excluding hydrogens is 318 g/mol. The van der Waals surface area contributed by atoms with Gasteiger partial charge in [0, 0.05) is 18.9 Å². The summed E-state index contributed by atoms with van der Waals surface area (Å²) in [7, 11) is 0. The van der Waals surface area contributed by atoms with Crippen molar-refractivity contribution in [2.24, 2.45) is 0 Å². The minimum absolute atomic E-state index is 0.232. The van der Waals surface area contributed by atoms with Gasteiger partial charge in [0.15, 0.2) is 5.16 Å². The van der Waals surface area contributed by atoms with Crippen LogP contribution in [-0.2, 0) is 17.8 Å². The number of carbonyl (C=O) groups excluding carboxylic acids is 1. The molecule has 1 aromatic carbocycles. The van der Waals surface area contributed by atoms with Crippen molar-refractivity contribution in [2.75, 3.05) is 5.75 Å². The highest BCUT2D eigenvalue weighted by Gasteiger charge is 2.23. The molecule has 1 heterocycles. The molecule has 1 aliphatic rings. The lowest BCUT2D eigenvalue weighted by atomic mass is 9.89. The maximum absolute atomic E-state index is 12.2. The van der Waals surface area contributed by atoms with Crippen LogP contribution in [0.15, 0.2) is 35.5 Å². The molecule has 1 fully saturated rings. The van der Waals surface area contributed by atoms with E-state index in [1.54, 1.807) is 0 Å². The quantitative estimate of drug-likeness (QED) is 0.705. The lowest BCUT2D eigenvalue weighted by Gasteiger charge is -2.21. The molecule has 0 N–H and O–H groups in total. The van der Waals surface area contributed by atoms with Gasteiger partial charge in [0.1, 0.15) is 11.6 Å². The Hall–Kier alpha value is -1.62. The Bertz CT molecular complexity index is 663. The van der Waals surface area contributed by atoms with Crippen molar-refractivity contribution >= 4 is 17.5 Å². The number of hydrogen-bond donors (Lipinski definition) is 0. The van der Waals surface area contributed by atoms with E-state index in [1.165, 1.54) is 43.9 Å². The maximum atomic E-state index is 12.2. The van der Waals surface area contributed by atoms with Gasteiger partial charge in [-0.05, 0) is 25.3 Å². The molecule has 2 aromatic rings. The molecule has 0 bridgehead atoms. The second-order valence-electron chi connectivity index (χ2n) is 6.41. The van der Waals surface area contributed by atoms with E-state index in [0.717, 1.165) is 23.1 Å². The first-order chi connectivity index (χ1) is 11.8. The molecule has 4 nitrogen and oxygen atoms in total. The van der Waals surface area contributed by atoms with E-state index < -0.39 is 0 Å². The molecule has 0 saturated heterocycles. The summed E-state index contributed by atoms with van der Waals surface area (Å²) in [5.74, 6) is 2.35. The number of rotatable bonds is 7. The van der Waals surface area contributed by atoms with Crippen LogP contribution in [0.4, 0.5) is 0 Å². The molecule has 24 heavy (non-hydrogen) atoms. The number of Topliss-reactive ketones (excluding diaryl/α,β-unsaturated/α-hetero) is 1. The summed E-state index contributed by atoms with van der Waals surface area (Å²) >= 11 is 1.52. The Kier molecular flexibility index (Phi) is 6.07. The van der Waals surface area contributed by atoms with Crippen molar-refractivity contribution in [1.29, 1.82) is 0 Å². The Morgan fingerprint density at radius 1 is 1.17 bits per heavy atom. The molecule has 3 rings (SSSR count). The van der Waals surface area contributed by atoms with Gasteiger partial charge < -0.3 is 4.57 Å². The predicted molar refractivity (Wildman–Crippen MR) is 97.4 cm³/mol. The number of nitrogens with zero attached hydrogens (tertiary/aromatic N) is 3. The molecule has 0 aliphatic heterocycles. The van der Waals surface area contributed by atoms with E-state index in [2.05, 4.69) is 21.7 Å². The lowest BCUT2D eigenvalue weighted by Crippen LogP contribution is -2.13. The second kappa shape index (κ2) is 8.47. The molecular formula is C19H25N3OS. The smallest absolute Gasteiger partial charge is 0.191 e. The highest BCUT2D eigenvalue weighted by atomic mass is 32.2. The van der Waals surface area contributed by atoms with Gasteiger partial charge in [-0.2, -0.15) is 0 Å². The van der Waals surface area contributed by atoms with E-state index in [-0.39, 0.29) is 5.78 Å². The van der Waals surface area contributed by atoms with Crippen molar-refractivity contribution < 1.29 is 4.79 Å². The fourth-order valence-corrected chi connectivity index (χ4v) is 4.26. The molecule has 0 radical (unpaired) electrons. The third-order valence-electron chi connectivity index (χ3n) is 4.64. The molecule has 1 saturated carbocycles. The summed E-state index contributed by atoms with van der Waals surface area (Å²) in [4.78, 5) is 12.2. The Morgan fingerprint density at radius 3 is 2.62 bits per heavy atom. The number of thioether (sulfide) groups is 1. The molecule has 128 valence electrons. The first-order valence-electron chi connectivity index (χ1n) is 8.89. The van der Waals surface area contributed by atoms with Crippen LogP contribution < -0.4 is 0 Å². The van der Waals surface area contributed by atoms with Gasteiger partial charge in [-0.3, -0.25) is 4.79 Å². The van der Waals surface area contributed by atoms with Crippen molar-refractivity contribution in [3.05, 3.63) is 41.7 Å². The number of hydrogen-bond acceptors (Lipinski definition) is 4. The molecule has 0 unspecified atom stereocenters. The number of benzene rings is 1. The number of carbonyl (C=O) groups is 1. The van der Waals surface area contributed by atoms with E-state index in [4.69, 9.17) is 0 Å². The minimum atomic E-state index is 0.232. The fourth-order valence-electron chi connectivity index (χ4n) is 3.39. The van der Waals surface area contributed by atoms with Crippen molar-refractivity contribution in [3.63, 3.8) is 0 Å². The third kappa shape index (κ3) is 4.26. The Morgan fingerprint density at radius 2 is 1.92 bits per heavy atom. The van der Waals surface area contributed by atoms with Crippen molar-refractivity contribution in [1.82, 2.24) is 14.8 Å². The molecule has 1 aliphatic carbocycles. The average Bonchev–Trinajstić information content (AvgIpc) is 3.04. The summed E-state index contributed by atoms with van der Waals surface area (Å²) in [5, 5.41) is 9.71. The monoisotopic (exact) mass is 343 g/mol. The van der Waals surface area contributed by atoms with Crippen molar-refractivity contribution in [3.8, 4) is 0 Å². The first-order valence-corrected chi connectivity index (χ1v) is 9.88. The molecule has 5 heteroatoms. The Balaban J connectivity index is 1.60. The summed E-state index contributed by atoms with van der Waals surface area (Å²) in [6.45, 7) is 3.00. The zero-order valence-corrected chi connectivity index (χ0v) is 15.1. The molecule has 0 atom stereocenters. The van der Waals surface area contributed by atoms with E-state index in [0.29, 0.717) is 18.1 Å². The van der Waals surface area contributed by atoms with Crippen LogP contribution in [0, 0.1) is 0 Å². The highest BCUT2D eigenvalue weighted by molar-refractivity contribution is 7.99. The second-order valence-corrected chi connectivity index (χ2v) is 7.35. The SMILES string of the molecule is CCn1c(SCC(=O)Cc2ccccc2)nnc1C1CCCCC1. The average molecular weight is 343 g/mol. The maximum Gasteiger partial charge on any atom is 0.191 e. The largest absolute Gasteiger partial charge is 0.306 e. The summed E-state index contributed by atoms with van der Waals surface area (Å²) in [6, 6.07) is 9.91. The number of aromatic nitrogens is 3. The Labute approximate surface area is 148 Å². The van der Waals surface area contributed by atoms with Crippen LogP contribution in [0.2, 0.25) is 0 Å². The van der Waals surface area contributed by atoms with E-state index in [9.17, 15) is 4.79 Å². The predicted octanol–water partition coefficient (Wildman–Crippen LogP) is 4.25. The van der Waals surface area contributed by atoms with Crippen LogP contribution in [0.3, 0.4) is 0 Å². The van der Waals surface area contributed by atoms with Crippen LogP contribution in [0.25, 0.3) is 0 Å². The van der Waals surface area contributed by atoms with E-state index in [1.807, 2.05) is 30.3 Å². The fraction of sp³-hybridized carbons (Fsp3) is 0.526. The number of ketones is 1. The van der Waals surface area contributed by atoms with Crippen molar-refractivity contribution in [2.45, 2.75) is 63.1 Å². The van der Waals surface area contributed by atoms with Crippen LogP contribution in [0.1, 0.15) is 56.3 Å². The highest BCUT2D eigenvalue weighted by Crippen LogP contribution is 2.33. The van der Waals surface area contributed by atoms with Gasteiger partial charge in [-0.15, -0.1) is 10.2 Å². The van der Waals surface area contributed by atoms with Crippen LogP contribution in [-0.4, -0.2) is 26.3 Å². The minimum Gasteiger partial charge on any atom is -0.306 e. The van der Waals surface area contributed by atoms with Gasteiger partial charge in [-0.25, -0.2) is 0 Å². The lowest BCUT2D eigenvalue weighted by molar-refractivity contribution is -0.116. The summed E-state index contributed by atoms with van der Waals surface area (Å²) in [6.07, 6.45) is 6.85. The normalized spacial score (nSPS) is 15.5. The zero-order valence-electron chi connectivity index (χ0n) is 14.3. The third-order valence-corrected chi connectivity index (χ3v) is 5.66.